The highest BCUT2D eigenvalue weighted by Gasteiger charge is 2.33. The fraction of sp³-hybridized carbons (Fsp3) is 0.300. The lowest BCUT2D eigenvalue weighted by atomic mass is 10.1. The van der Waals surface area contributed by atoms with E-state index in [2.05, 4.69) is 4.99 Å². The first kappa shape index (κ1) is 11.3. The molecular weight excluding hydrogens is 229 g/mol. The molecule has 0 saturated carbocycles. The summed E-state index contributed by atoms with van der Waals surface area (Å²) in [7, 11) is 0. The van der Waals surface area contributed by atoms with Crippen molar-refractivity contribution in [3.8, 4) is 5.75 Å². The average Bonchev–Trinajstić information content (AvgIpc) is 2.20. The quantitative estimate of drug-likeness (QED) is 0.598. The number of amidine groups is 1. The van der Waals surface area contributed by atoms with E-state index in [9.17, 15) is 14.5 Å². The molecule has 17 heavy (non-hydrogen) atoms. The van der Waals surface area contributed by atoms with E-state index in [1.54, 1.807) is 13.8 Å². The van der Waals surface area contributed by atoms with Crippen molar-refractivity contribution in [1.82, 2.24) is 0 Å². The van der Waals surface area contributed by atoms with E-state index in [4.69, 9.17) is 10.5 Å². The zero-order valence-electron chi connectivity index (χ0n) is 9.23. The highest BCUT2D eigenvalue weighted by atomic mass is 19.1. The van der Waals surface area contributed by atoms with Gasteiger partial charge in [-0.1, -0.05) is 0 Å². The molecule has 0 atom stereocenters. The minimum atomic E-state index is -0.927. The Morgan fingerprint density at radius 1 is 1.53 bits per heavy atom. The van der Waals surface area contributed by atoms with Gasteiger partial charge in [0.1, 0.15) is 11.5 Å². The number of aliphatic imine (C=N–C) groups is 1. The number of nitrogens with zero attached hydrogens (tertiary/aromatic N) is 2. The fourth-order valence-corrected chi connectivity index (χ4v) is 1.43. The Bertz CT molecular complexity index is 540. The number of ether oxygens (including phenoxy) is 1. The van der Waals surface area contributed by atoms with Crippen LogP contribution in [0.15, 0.2) is 17.1 Å². The van der Waals surface area contributed by atoms with Crippen LogP contribution in [-0.2, 0) is 0 Å². The zero-order chi connectivity index (χ0) is 12.8. The third-order valence-electron chi connectivity index (χ3n) is 2.43. The van der Waals surface area contributed by atoms with E-state index in [1.807, 2.05) is 0 Å². The van der Waals surface area contributed by atoms with E-state index in [1.165, 1.54) is 0 Å². The van der Waals surface area contributed by atoms with Crippen LogP contribution < -0.4 is 10.5 Å². The first-order valence-corrected chi connectivity index (χ1v) is 4.83. The number of nitro groups is 1. The third-order valence-corrected chi connectivity index (χ3v) is 2.43. The fourth-order valence-electron chi connectivity index (χ4n) is 1.43. The lowest BCUT2D eigenvalue weighted by Gasteiger charge is -2.30. The average molecular weight is 239 g/mol. The SMILES string of the molecule is CC1(C)Oc2c(F)cc([N+](=O)[O-])cc2N=C1N. The van der Waals surface area contributed by atoms with Gasteiger partial charge in [0.15, 0.2) is 17.2 Å². The van der Waals surface area contributed by atoms with E-state index in [0.29, 0.717) is 0 Å². The normalized spacial score (nSPS) is 16.8. The number of non-ortho nitro benzene ring substituents is 1. The number of nitro benzene ring substituents is 1. The molecule has 0 radical (unpaired) electrons. The van der Waals surface area contributed by atoms with Gasteiger partial charge >= 0.3 is 0 Å². The molecule has 2 rings (SSSR count). The third kappa shape index (κ3) is 1.79. The second-order valence-corrected chi connectivity index (χ2v) is 4.14. The van der Waals surface area contributed by atoms with Crippen LogP contribution in [0.4, 0.5) is 15.8 Å². The summed E-state index contributed by atoms with van der Waals surface area (Å²) >= 11 is 0. The standard InChI is InChI=1S/C10H10FN3O3/c1-10(2)9(12)13-7-4-5(14(15)16)3-6(11)8(7)17-10/h3-4H,1-2H3,(H2,12,13). The molecule has 0 amide bonds. The monoisotopic (exact) mass is 239 g/mol. The summed E-state index contributed by atoms with van der Waals surface area (Å²) in [5.74, 6) is -0.793. The molecular formula is C10H10FN3O3. The van der Waals surface area contributed by atoms with Crippen LogP contribution >= 0.6 is 0 Å². The van der Waals surface area contributed by atoms with Crippen molar-refractivity contribution in [2.24, 2.45) is 10.7 Å². The molecule has 0 fully saturated rings. The molecule has 6 nitrogen and oxygen atoms in total. The molecule has 0 aromatic heterocycles. The molecule has 0 aliphatic carbocycles. The Morgan fingerprint density at radius 2 is 2.18 bits per heavy atom. The number of nitrogens with two attached hydrogens (primary N) is 1. The Morgan fingerprint density at radius 3 is 2.76 bits per heavy atom. The van der Waals surface area contributed by atoms with Gasteiger partial charge in [-0.2, -0.15) is 0 Å². The smallest absolute Gasteiger partial charge is 0.274 e. The first-order valence-electron chi connectivity index (χ1n) is 4.83. The van der Waals surface area contributed by atoms with Crippen LogP contribution in [0.25, 0.3) is 0 Å². The molecule has 0 spiro atoms. The van der Waals surface area contributed by atoms with Crippen molar-refractivity contribution in [3.05, 3.63) is 28.1 Å². The van der Waals surface area contributed by atoms with Crippen LogP contribution in [-0.4, -0.2) is 16.4 Å². The number of rotatable bonds is 1. The molecule has 1 aliphatic rings. The predicted octanol–water partition coefficient (Wildman–Crippen LogP) is 1.89. The van der Waals surface area contributed by atoms with Gasteiger partial charge in [-0.3, -0.25) is 10.1 Å². The second kappa shape index (κ2) is 3.41. The minimum Gasteiger partial charge on any atom is -0.475 e. The molecule has 7 heteroatoms. The summed E-state index contributed by atoms with van der Waals surface area (Å²) in [5.41, 5.74) is 4.36. The number of halogens is 1. The van der Waals surface area contributed by atoms with Crippen LogP contribution in [0.2, 0.25) is 0 Å². The minimum absolute atomic E-state index is 0.0357. The molecule has 1 aliphatic heterocycles. The molecule has 2 N–H and O–H groups in total. The number of hydrogen-bond acceptors (Lipinski definition) is 5. The molecule has 90 valence electrons. The van der Waals surface area contributed by atoms with Gasteiger partial charge in [0.2, 0.25) is 0 Å². The van der Waals surface area contributed by atoms with E-state index in [-0.39, 0.29) is 23.0 Å². The van der Waals surface area contributed by atoms with Gasteiger partial charge in [-0.25, -0.2) is 9.38 Å². The zero-order valence-corrected chi connectivity index (χ0v) is 9.23. The maximum Gasteiger partial charge on any atom is 0.274 e. The highest BCUT2D eigenvalue weighted by Crippen LogP contribution is 2.40. The van der Waals surface area contributed by atoms with Crippen molar-refractivity contribution >= 4 is 17.2 Å². The Labute approximate surface area is 96.1 Å². The summed E-state index contributed by atoms with van der Waals surface area (Å²) in [5, 5.41) is 10.6. The predicted molar refractivity (Wildman–Crippen MR) is 59.0 cm³/mol. The number of hydrogen-bond donors (Lipinski definition) is 1. The highest BCUT2D eigenvalue weighted by molar-refractivity contribution is 5.93. The van der Waals surface area contributed by atoms with Gasteiger partial charge in [-0.05, 0) is 13.8 Å². The van der Waals surface area contributed by atoms with Crippen molar-refractivity contribution < 1.29 is 14.1 Å². The van der Waals surface area contributed by atoms with Crippen LogP contribution in [0.5, 0.6) is 5.75 Å². The van der Waals surface area contributed by atoms with E-state index in [0.717, 1.165) is 12.1 Å². The van der Waals surface area contributed by atoms with Gasteiger partial charge in [-0.15, -0.1) is 0 Å². The van der Waals surface area contributed by atoms with E-state index < -0.39 is 16.3 Å². The van der Waals surface area contributed by atoms with Crippen molar-refractivity contribution in [2.45, 2.75) is 19.4 Å². The maximum absolute atomic E-state index is 13.6. The number of benzene rings is 1. The Hall–Kier alpha value is -2.18. The summed E-state index contributed by atoms with van der Waals surface area (Å²) in [4.78, 5) is 13.8. The Balaban J connectivity index is 2.62. The lowest BCUT2D eigenvalue weighted by molar-refractivity contribution is -0.385. The summed E-state index contributed by atoms with van der Waals surface area (Å²) in [6, 6.07) is 1.92. The van der Waals surface area contributed by atoms with Crippen LogP contribution in [0.1, 0.15) is 13.8 Å². The van der Waals surface area contributed by atoms with Gasteiger partial charge in [0.05, 0.1) is 11.0 Å². The molecule has 0 unspecified atom stereocenters. The molecule has 1 heterocycles. The summed E-state index contributed by atoms with van der Waals surface area (Å²) in [6.07, 6.45) is 0. The molecule has 0 saturated heterocycles. The summed E-state index contributed by atoms with van der Waals surface area (Å²) in [6.45, 7) is 3.27. The van der Waals surface area contributed by atoms with Crippen LogP contribution in [0, 0.1) is 15.9 Å². The lowest BCUT2D eigenvalue weighted by Crippen LogP contribution is -2.45. The molecule has 1 aromatic rings. The molecule has 1 aromatic carbocycles. The maximum atomic E-state index is 13.6. The number of fused-ring (bicyclic) bond motifs is 1. The van der Waals surface area contributed by atoms with Gasteiger partial charge in [0, 0.05) is 6.07 Å². The van der Waals surface area contributed by atoms with Gasteiger partial charge in [0.25, 0.3) is 5.69 Å². The van der Waals surface area contributed by atoms with E-state index >= 15 is 0 Å². The largest absolute Gasteiger partial charge is 0.475 e. The topological polar surface area (TPSA) is 90.8 Å². The summed E-state index contributed by atoms with van der Waals surface area (Å²) < 4.78 is 19.0. The molecule has 0 bridgehead atoms. The van der Waals surface area contributed by atoms with Crippen molar-refractivity contribution in [3.63, 3.8) is 0 Å². The van der Waals surface area contributed by atoms with Crippen molar-refractivity contribution in [2.75, 3.05) is 0 Å². The van der Waals surface area contributed by atoms with Crippen LogP contribution in [0.3, 0.4) is 0 Å². The van der Waals surface area contributed by atoms with Gasteiger partial charge < -0.3 is 10.5 Å². The Kier molecular flexibility index (Phi) is 2.27. The first-order chi connectivity index (χ1) is 7.81. The second-order valence-electron chi connectivity index (χ2n) is 4.14. The van der Waals surface area contributed by atoms with Crippen molar-refractivity contribution in [1.29, 1.82) is 0 Å².